The van der Waals surface area contributed by atoms with Crippen molar-refractivity contribution in [2.45, 2.75) is 45.7 Å². The first kappa shape index (κ1) is 26.6. The maximum absolute atomic E-state index is 13.4. The molecule has 1 aliphatic heterocycles. The summed E-state index contributed by atoms with van der Waals surface area (Å²) >= 11 is 1.47. The first-order valence-electron chi connectivity index (χ1n) is 13.4. The van der Waals surface area contributed by atoms with Gasteiger partial charge in [0.05, 0.1) is 24.2 Å². The largest absolute Gasteiger partial charge is 0.333 e. The Morgan fingerprint density at radius 2 is 1.85 bits per heavy atom. The third-order valence-electron chi connectivity index (χ3n) is 6.77. The molecule has 3 N–H and O–H groups in total. The summed E-state index contributed by atoms with van der Waals surface area (Å²) in [6, 6.07) is 14.6. The maximum atomic E-state index is 13.4. The first-order valence-corrected chi connectivity index (χ1v) is 14.2. The molecule has 1 aliphatic rings. The van der Waals surface area contributed by atoms with Gasteiger partial charge in [0.2, 0.25) is 5.95 Å². The third kappa shape index (κ3) is 5.66. The number of urea groups is 1. The lowest BCUT2D eigenvalue weighted by molar-refractivity contribution is 0.0992. The topological polar surface area (TPSA) is 133 Å². The van der Waals surface area contributed by atoms with Crippen molar-refractivity contribution in [1.82, 2.24) is 30.2 Å². The van der Waals surface area contributed by atoms with Gasteiger partial charge >= 0.3 is 6.03 Å². The second-order valence-electron chi connectivity index (χ2n) is 11.1. The number of rotatable bonds is 5. The summed E-state index contributed by atoms with van der Waals surface area (Å²) in [4.78, 5) is 58.3. The predicted molar refractivity (Wildman–Crippen MR) is 158 cm³/mol. The molecule has 0 unspecified atom stereocenters. The van der Waals surface area contributed by atoms with Gasteiger partial charge in [-0.05, 0) is 44.4 Å². The number of fused-ring (bicyclic) bond motifs is 3. The van der Waals surface area contributed by atoms with E-state index in [0.717, 1.165) is 21.3 Å². The average molecular weight is 568 g/mol. The summed E-state index contributed by atoms with van der Waals surface area (Å²) in [6.07, 6.45) is 2.44. The number of para-hydroxylation sites is 1. The number of amides is 3. The number of Topliss-reactive ketones (excluding diaryl/α,β-unsaturated/α-hetero) is 1. The number of benzene rings is 2. The number of aromatic amines is 1. The Labute approximate surface area is 240 Å². The van der Waals surface area contributed by atoms with E-state index in [2.05, 4.69) is 25.6 Å². The molecule has 10 nitrogen and oxygen atoms in total. The van der Waals surface area contributed by atoms with Crippen LogP contribution in [0.2, 0.25) is 0 Å². The van der Waals surface area contributed by atoms with Crippen LogP contribution in [-0.4, -0.2) is 54.6 Å². The van der Waals surface area contributed by atoms with Crippen molar-refractivity contribution < 1.29 is 14.4 Å². The van der Waals surface area contributed by atoms with Crippen molar-refractivity contribution in [2.75, 3.05) is 11.9 Å². The van der Waals surface area contributed by atoms with Crippen LogP contribution in [-0.2, 0) is 19.4 Å². The number of pyridine rings is 1. The lowest BCUT2D eigenvalue weighted by atomic mass is 10.1. The number of imidazole rings is 1. The standard InChI is InChI=1S/C30H29N7O3S/c1-30(2,3)36-29(40)37-12-11-20-24(16-37)41-25(32-20)14-23(38)19-9-6-10-21-26(19)34-28(33-21)35-27(39)22-13-17-7-4-5-8-18(17)15-31-22/h4-10,13,15H,11-12,14,16H2,1-3H3,(H,36,40)(H2,33,34,35,39). The second-order valence-corrected chi connectivity index (χ2v) is 12.3. The number of carbonyl (C=O) groups excluding carboxylic acids is 3. The molecule has 0 bridgehead atoms. The zero-order valence-corrected chi connectivity index (χ0v) is 23.8. The van der Waals surface area contributed by atoms with Gasteiger partial charge in [0.25, 0.3) is 5.91 Å². The lowest BCUT2D eigenvalue weighted by Crippen LogP contribution is -2.49. The van der Waals surface area contributed by atoms with Crippen molar-refractivity contribution in [1.29, 1.82) is 0 Å². The van der Waals surface area contributed by atoms with Crippen molar-refractivity contribution in [3.05, 3.63) is 81.6 Å². The summed E-state index contributed by atoms with van der Waals surface area (Å²) < 4.78 is 0. The van der Waals surface area contributed by atoms with Crippen molar-refractivity contribution in [3.8, 4) is 0 Å². The van der Waals surface area contributed by atoms with E-state index in [-0.39, 0.29) is 35.4 Å². The third-order valence-corrected chi connectivity index (χ3v) is 7.85. The smallest absolute Gasteiger partial charge is 0.318 e. The van der Waals surface area contributed by atoms with Gasteiger partial charge in [-0.2, -0.15) is 0 Å². The van der Waals surface area contributed by atoms with E-state index in [1.54, 1.807) is 29.3 Å². The Bertz CT molecular complexity index is 1820. The van der Waals surface area contributed by atoms with Crippen LogP contribution >= 0.6 is 11.3 Å². The first-order chi connectivity index (χ1) is 19.6. The van der Waals surface area contributed by atoms with Crippen LogP contribution in [0.25, 0.3) is 21.8 Å². The Morgan fingerprint density at radius 3 is 2.66 bits per heavy atom. The Balaban J connectivity index is 1.16. The van der Waals surface area contributed by atoms with Crippen LogP contribution in [0.3, 0.4) is 0 Å². The number of thiazole rings is 1. The fourth-order valence-electron chi connectivity index (χ4n) is 4.83. The summed E-state index contributed by atoms with van der Waals surface area (Å²) in [5.74, 6) is -0.288. The number of carbonyl (C=O) groups is 3. The molecule has 0 aliphatic carbocycles. The molecule has 0 fully saturated rings. The zero-order valence-electron chi connectivity index (χ0n) is 22.9. The predicted octanol–water partition coefficient (Wildman–Crippen LogP) is 5.11. The molecule has 2 aromatic carbocycles. The van der Waals surface area contributed by atoms with Gasteiger partial charge in [-0.3, -0.25) is 19.9 Å². The molecule has 0 saturated carbocycles. The van der Waals surface area contributed by atoms with E-state index in [1.807, 2.05) is 51.1 Å². The van der Waals surface area contributed by atoms with E-state index in [1.165, 1.54) is 11.3 Å². The highest BCUT2D eigenvalue weighted by Crippen LogP contribution is 2.28. The van der Waals surface area contributed by atoms with Crippen LogP contribution in [0.1, 0.15) is 57.2 Å². The van der Waals surface area contributed by atoms with E-state index < -0.39 is 5.91 Å². The van der Waals surface area contributed by atoms with Gasteiger partial charge in [0.1, 0.15) is 16.2 Å². The van der Waals surface area contributed by atoms with Crippen molar-refractivity contribution in [2.24, 2.45) is 0 Å². The van der Waals surface area contributed by atoms with Crippen LogP contribution < -0.4 is 10.6 Å². The summed E-state index contributed by atoms with van der Waals surface area (Å²) in [7, 11) is 0. The molecule has 0 spiro atoms. The minimum absolute atomic E-state index is 0.0984. The van der Waals surface area contributed by atoms with E-state index in [9.17, 15) is 14.4 Å². The SMILES string of the molecule is CC(C)(C)NC(=O)N1CCc2nc(CC(=O)c3cccc4[nH]c(NC(=O)c5cc6ccccc6cn5)nc34)sc2C1. The van der Waals surface area contributed by atoms with E-state index >= 15 is 0 Å². The molecule has 0 saturated heterocycles. The highest BCUT2D eigenvalue weighted by atomic mass is 32.1. The van der Waals surface area contributed by atoms with Gasteiger partial charge in [-0.15, -0.1) is 11.3 Å². The average Bonchev–Trinajstić information content (AvgIpc) is 3.53. The fourth-order valence-corrected chi connectivity index (χ4v) is 5.96. The molecule has 0 atom stereocenters. The number of hydrogen-bond acceptors (Lipinski definition) is 7. The molecular weight excluding hydrogens is 538 g/mol. The Morgan fingerprint density at radius 1 is 1.05 bits per heavy atom. The number of ketones is 1. The maximum Gasteiger partial charge on any atom is 0.318 e. The second kappa shape index (κ2) is 10.4. The zero-order chi connectivity index (χ0) is 28.7. The Kier molecular flexibility index (Phi) is 6.74. The Hall–Kier alpha value is -4.64. The van der Waals surface area contributed by atoms with E-state index in [4.69, 9.17) is 4.98 Å². The number of H-pyrrole nitrogens is 1. The van der Waals surface area contributed by atoms with Gasteiger partial charge < -0.3 is 15.2 Å². The van der Waals surface area contributed by atoms with Crippen molar-refractivity contribution in [3.63, 3.8) is 0 Å². The number of nitrogens with one attached hydrogen (secondary N) is 3. The fraction of sp³-hybridized carbons (Fsp3) is 0.267. The highest BCUT2D eigenvalue weighted by Gasteiger charge is 2.27. The van der Waals surface area contributed by atoms with Crippen LogP contribution in [0.5, 0.6) is 0 Å². The number of aromatic nitrogens is 4. The minimum Gasteiger partial charge on any atom is -0.333 e. The van der Waals surface area contributed by atoms with Gasteiger partial charge in [-0.25, -0.2) is 14.8 Å². The number of nitrogens with zero attached hydrogens (tertiary/aromatic N) is 4. The van der Waals surface area contributed by atoms with Gasteiger partial charge in [0.15, 0.2) is 5.78 Å². The molecular formula is C30H29N7O3S. The molecule has 208 valence electrons. The van der Waals surface area contributed by atoms with Crippen LogP contribution in [0.15, 0.2) is 54.7 Å². The normalized spacial score (nSPS) is 13.3. The monoisotopic (exact) mass is 567 g/mol. The minimum atomic E-state index is -0.402. The molecule has 3 amide bonds. The highest BCUT2D eigenvalue weighted by molar-refractivity contribution is 7.11. The number of hydrogen-bond donors (Lipinski definition) is 3. The molecule has 5 aromatic rings. The van der Waals surface area contributed by atoms with Crippen LogP contribution in [0.4, 0.5) is 10.7 Å². The molecule has 11 heteroatoms. The summed E-state index contributed by atoms with van der Waals surface area (Å²) in [5, 5.41) is 8.33. The quantitative estimate of drug-likeness (QED) is 0.253. The molecule has 6 rings (SSSR count). The molecule has 0 radical (unpaired) electrons. The summed E-state index contributed by atoms with van der Waals surface area (Å²) in [6.45, 7) is 6.93. The van der Waals surface area contributed by atoms with E-state index in [0.29, 0.717) is 41.1 Å². The lowest BCUT2D eigenvalue weighted by Gasteiger charge is -2.30. The van der Waals surface area contributed by atoms with Gasteiger partial charge in [0, 0.05) is 40.5 Å². The number of anilines is 1. The van der Waals surface area contributed by atoms with Crippen molar-refractivity contribution >= 4 is 56.8 Å². The van der Waals surface area contributed by atoms with Crippen LogP contribution in [0, 0.1) is 0 Å². The molecule has 3 aromatic heterocycles. The summed E-state index contributed by atoms with van der Waals surface area (Å²) in [5.41, 5.74) is 2.46. The van der Waals surface area contributed by atoms with Gasteiger partial charge in [-0.1, -0.05) is 30.3 Å². The molecule has 4 heterocycles. The molecule has 41 heavy (non-hydrogen) atoms.